The summed E-state index contributed by atoms with van der Waals surface area (Å²) in [6.45, 7) is 1.19. The van der Waals surface area contributed by atoms with E-state index in [0.717, 1.165) is 6.42 Å². The number of hydrogen-bond donors (Lipinski definition) is 1. The first-order valence-corrected chi connectivity index (χ1v) is 6.76. The third-order valence-corrected chi connectivity index (χ3v) is 3.60. The average molecular weight is 232 g/mol. The molecule has 0 saturated carbocycles. The van der Waals surface area contributed by atoms with Crippen molar-refractivity contribution in [3.05, 3.63) is 29.8 Å². The molecule has 2 nitrogen and oxygen atoms in total. The van der Waals surface area contributed by atoms with Gasteiger partial charge in [-0.2, -0.15) is 0 Å². The highest BCUT2D eigenvalue weighted by molar-refractivity contribution is 5.52. The van der Waals surface area contributed by atoms with Gasteiger partial charge in [-0.1, -0.05) is 31.0 Å². The van der Waals surface area contributed by atoms with Crippen LogP contribution in [0.3, 0.4) is 0 Å². The molecule has 0 bridgehead atoms. The summed E-state index contributed by atoms with van der Waals surface area (Å²) in [5.41, 5.74) is 2.83. The first kappa shape index (κ1) is 12.4. The molecule has 1 N–H and O–H groups in total. The lowest BCUT2D eigenvalue weighted by Gasteiger charge is -2.21. The molecule has 1 aromatic carbocycles. The molecule has 1 aliphatic heterocycles. The number of benzene rings is 1. The van der Waals surface area contributed by atoms with Crippen LogP contribution in [0.4, 0.5) is 5.69 Å². The van der Waals surface area contributed by atoms with Gasteiger partial charge in [0.05, 0.1) is 0 Å². The van der Waals surface area contributed by atoms with E-state index >= 15 is 0 Å². The topological polar surface area (TPSA) is 15.3 Å². The molecular weight excluding hydrogens is 208 g/mol. The maximum absolute atomic E-state index is 3.68. The maximum Gasteiger partial charge on any atom is 0.0394 e. The van der Waals surface area contributed by atoms with Crippen LogP contribution in [0.25, 0.3) is 0 Å². The van der Waals surface area contributed by atoms with Gasteiger partial charge >= 0.3 is 0 Å². The fraction of sp³-hybridized carbons (Fsp3) is 0.600. The molecule has 1 atom stereocenters. The number of hydrogen-bond acceptors (Lipinski definition) is 2. The lowest BCUT2D eigenvalue weighted by Crippen LogP contribution is -2.30. The third-order valence-electron chi connectivity index (χ3n) is 3.60. The molecule has 94 valence electrons. The number of nitrogens with zero attached hydrogens (tertiary/aromatic N) is 1. The van der Waals surface area contributed by atoms with Crippen molar-refractivity contribution >= 4 is 5.69 Å². The fourth-order valence-corrected chi connectivity index (χ4v) is 2.66. The highest BCUT2D eigenvalue weighted by Crippen LogP contribution is 2.21. The molecule has 0 aromatic heterocycles. The van der Waals surface area contributed by atoms with E-state index in [-0.39, 0.29) is 0 Å². The molecule has 0 radical (unpaired) electrons. The summed E-state index contributed by atoms with van der Waals surface area (Å²) in [4.78, 5) is 2.21. The highest BCUT2D eigenvalue weighted by Gasteiger charge is 2.14. The molecule has 1 fully saturated rings. The van der Waals surface area contributed by atoms with Crippen molar-refractivity contribution in [1.82, 2.24) is 5.32 Å². The Morgan fingerprint density at radius 1 is 1.18 bits per heavy atom. The summed E-state index contributed by atoms with van der Waals surface area (Å²) < 4.78 is 0. The average Bonchev–Trinajstić information content (AvgIpc) is 2.58. The van der Waals surface area contributed by atoms with Crippen LogP contribution in [0.15, 0.2) is 24.3 Å². The van der Waals surface area contributed by atoms with Crippen LogP contribution in [0, 0.1) is 0 Å². The van der Waals surface area contributed by atoms with Crippen LogP contribution in [-0.4, -0.2) is 26.7 Å². The zero-order valence-electron chi connectivity index (χ0n) is 11.1. The molecule has 17 heavy (non-hydrogen) atoms. The number of anilines is 1. The predicted octanol–water partition coefficient (Wildman–Crippen LogP) is 2.83. The van der Waals surface area contributed by atoms with Gasteiger partial charge in [-0.3, -0.25) is 0 Å². The Morgan fingerprint density at radius 3 is 2.82 bits per heavy atom. The standard InChI is InChI=1S/C15H24N2/c1-17(2)15-10-6-5-8-13(15)12-14-9-4-3-7-11-16-14/h5-6,8,10,14,16H,3-4,7,9,11-12H2,1-2H3. The second-order valence-electron chi connectivity index (χ2n) is 5.23. The second-order valence-corrected chi connectivity index (χ2v) is 5.23. The van der Waals surface area contributed by atoms with E-state index in [4.69, 9.17) is 0 Å². The fourth-order valence-electron chi connectivity index (χ4n) is 2.66. The Balaban J connectivity index is 2.06. The smallest absolute Gasteiger partial charge is 0.0394 e. The summed E-state index contributed by atoms with van der Waals surface area (Å²) in [6.07, 6.45) is 6.59. The molecule has 1 heterocycles. The summed E-state index contributed by atoms with van der Waals surface area (Å²) in [5, 5.41) is 3.68. The van der Waals surface area contributed by atoms with Gasteiger partial charge in [-0.05, 0) is 37.4 Å². The van der Waals surface area contributed by atoms with Crippen LogP contribution < -0.4 is 10.2 Å². The number of nitrogens with one attached hydrogen (secondary N) is 1. The first-order chi connectivity index (χ1) is 8.27. The van der Waals surface area contributed by atoms with Crippen molar-refractivity contribution in [2.75, 3.05) is 25.5 Å². The van der Waals surface area contributed by atoms with Gasteiger partial charge in [-0.25, -0.2) is 0 Å². The molecule has 2 rings (SSSR count). The molecule has 1 aliphatic rings. The van der Waals surface area contributed by atoms with Gasteiger partial charge < -0.3 is 10.2 Å². The lowest BCUT2D eigenvalue weighted by molar-refractivity contribution is 0.507. The van der Waals surface area contributed by atoms with E-state index in [1.807, 2.05) is 0 Å². The molecule has 0 amide bonds. The minimum absolute atomic E-state index is 0.665. The molecule has 1 unspecified atom stereocenters. The Hall–Kier alpha value is -1.02. The molecule has 1 saturated heterocycles. The van der Waals surface area contributed by atoms with Crippen molar-refractivity contribution in [2.24, 2.45) is 0 Å². The minimum Gasteiger partial charge on any atom is -0.377 e. The Bertz CT molecular complexity index is 339. The monoisotopic (exact) mass is 232 g/mol. The lowest BCUT2D eigenvalue weighted by atomic mass is 10.00. The molecular formula is C15H24N2. The van der Waals surface area contributed by atoms with Crippen LogP contribution >= 0.6 is 0 Å². The van der Waals surface area contributed by atoms with Crippen LogP contribution in [-0.2, 0) is 6.42 Å². The third kappa shape index (κ3) is 3.47. The normalized spacial score (nSPS) is 20.9. The quantitative estimate of drug-likeness (QED) is 0.862. The predicted molar refractivity (Wildman–Crippen MR) is 74.7 cm³/mol. The Morgan fingerprint density at radius 2 is 2.00 bits per heavy atom. The van der Waals surface area contributed by atoms with Crippen molar-refractivity contribution in [3.8, 4) is 0 Å². The van der Waals surface area contributed by atoms with Crippen LogP contribution in [0.1, 0.15) is 31.2 Å². The van der Waals surface area contributed by atoms with Crippen molar-refractivity contribution in [3.63, 3.8) is 0 Å². The Kier molecular flexibility index (Phi) is 4.43. The Labute approximate surface area is 105 Å². The van der Waals surface area contributed by atoms with Crippen molar-refractivity contribution in [2.45, 2.75) is 38.1 Å². The van der Waals surface area contributed by atoms with Gasteiger partial charge in [0, 0.05) is 25.8 Å². The van der Waals surface area contributed by atoms with Gasteiger partial charge in [0.25, 0.3) is 0 Å². The first-order valence-electron chi connectivity index (χ1n) is 6.76. The summed E-state index contributed by atoms with van der Waals surface area (Å²) >= 11 is 0. The number of para-hydroxylation sites is 1. The van der Waals surface area contributed by atoms with Gasteiger partial charge in [0.2, 0.25) is 0 Å². The van der Waals surface area contributed by atoms with Gasteiger partial charge in [0.1, 0.15) is 0 Å². The largest absolute Gasteiger partial charge is 0.377 e. The minimum atomic E-state index is 0.665. The second kappa shape index (κ2) is 6.06. The summed E-state index contributed by atoms with van der Waals surface area (Å²) in [7, 11) is 4.25. The zero-order chi connectivity index (χ0) is 12.1. The molecule has 0 aliphatic carbocycles. The van der Waals surface area contributed by atoms with Crippen LogP contribution in [0.2, 0.25) is 0 Å². The molecule has 2 heteroatoms. The van der Waals surface area contributed by atoms with Crippen molar-refractivity contribution < 1.29 is 0 Å². The van der Waals surface area contributed by atoms with E-state index in [9.17, 15) is 0 Å². The van der Waals surface area contributed by atoms with Gasteiger partial charge in [-0.15, -0.1) is 0 Å². The van der Waals surface area contributed by atoms with E-state index in [2.05, 4.69) is 48.6 Å². The van der Waals surface area contributed by atoms with Crippen LogP contribution in [0.5, 0.6) is 0 Å². The summed E-state index contributed by atoms with van der Waals surface area (Å²) in [5.74, 6) is 0. The van der Waals surface area contributed by atoms with Crippen molar-refractivity contribution in [1.29, 1.82) is 0 Å². The molecule has 0 spiro atoms. The SMILES string of the molecule is CN(C)c1ccccc1CC1CCCCCN1. The van der Waals surface area contributed by atoms with E-state index in [0.29, 0.717) is 6.04 Å². The molecule has 1 aromatic rings. The number of rotatable bonds is 3. The maximum atomic E-state index is 3.68. The van der Waals surface area contributed by atoms with E-state index in [1.54, 1.807) is 0 Å². The zero-order valence-corrected chi connectivity index (χ0v) is 11.1. The summed E-state index contributed by atoms with van der Waals surface area (Å²) in [6, 6.07) is 9.42. The van der Waals surface area contributed by atoms with E-state index in [1.165, 1.54) is 43.5 Å². The highest BCUT2D eigenvalue weighted by atomic mass is 15.1. The van der Waals surface area contributed by atoms with E-state index < -0.39 is 0 Å². The van der Waals surface area contributed by atoms with Gasteiger partial charge in [0.15, 0.2) is 0 Å².